The summed E-state index contributed by atoms with van der Waals surface area (Å²) in [6.45, 7) is 4.77. The van der Waals surface area contributed by atoms with Crippen molar-refractivity contribution in [3.05, 3.63) is 59.5 Å². The summed E-state index contributed by atoms with van der Waals surface area (Å²) in [5, 5.41) is 5.63. The van der Waals surface area contributed by atoms with E-state index in [-0.39, 0.29) is 5.78 Å². The summed E-state index contributed by atoms with van der Waals surface area (Å²) in [4.78, 5) is 16.5. The minimum Gasteiger partial charge on any atom is -0.294 e. The van der Waals surface area contributed by atoms with Gasteiger partial charge in [0.2, 0.25) is 0 Å². The fourth-order valence-corrected chi connectivity index (χ4v) is 2.57. The molecule has 0 N–H and O–H groups in total. The number of ketones is 1. The van der Waals surface area contributed by atoms with Crippen LogP contribution in [0.3, 0.4) is 0 Å². The van der Waals surface area contributed by atoms with Gasteiger partial charge in [-0.2, -0.15) is 5.10 Å². The van der Waals surface area contributed by atoms with Crippen molar-refractivity contribution in [3.8, 4) is 0 Å². The standard InChI is InChI=1S/C17H17N3O/c1-3-20-16-7-5-4-6-13(16)15(19-20)10-17(21)14-11-18-9-8-12(14)2/h4-9,11H,3,10H2,1-2H3. The molecule has 0 saturated heterocycles. The van der Waals surface area contributed by atoms with E-state index in [1.54, 1.807) is 12.4 Å². The zero-order valence-corrected chi connectivity index (χ0v) is 12.2. The SMILES string of the molecule is CCn1nc(CC(=O)c2cnccc2C)c2ccccc21. The lowest BCUT2D eigenvalue weighted by molar-refractivity contribution is 0.0991. The van der Waals surface area contributed by atoms with Crippen molar-refractivity contribution in [1.29, 1.82) is 0 Å². The molecular weight excluding hydrogens is 262 g/mol. The Morgan fingerprint density at radius 2 is 2.05 bits per heavy atom. The van der Waals surface area contributed by atoms with E-state index >= 15 is 0 Å². The van der Waals surface area contributed by atoms with Gasteiger partial charge in [-0.3, -0.25) is 14.5 Å². The number of nitrogens with zero attached hydrogens (tertiary/aromatic N) is 3. The number of carbonyl (C=O) groups is 1. The van der Waals surface area contributed by atoms with Gasteiger partial charge in [0.1, 0.15) is 0 Å². The van der Waals surface area contributed by atoms with Crippen LogP contribution in [0.15, 0.2) is 42.7 Å². The second-order valence-corrected chi connectivity index (χ2v) is 5.07. The van der Waals surface area contributed by atoms with Gasteiger partial charge in [-0.05, 0) is 31.5 Å². The van der Waals surface area contributed by atoms with E-state index in [2.05, 4.69) is 17.0 Å². The minimum absolute atomic E-state index is 0.0621. The molecule has 0 unspecified atom stereocenters. The summed E-state index contributed by atoms with van der Waals surface area (Å²) in [5.41, 5.74) is 3.54. The van der Waals surface area contributed by atoms with Crippen molar-refractivity contribution in [2.45, 2.75) is 26.8 Å². The van der Waals surface area contributed by atoms with Gasteiger partial charge in [0.15, 0.2) is 5.78 Å². The monoisotopic (exact) mass is 279 g/mol. The molecular formula is C17H17N3O. The molecule has 0 aliphatic heterocycles. The summed E-state index contributed by atoms with van der Waals surface area (Å²) in [6.07, 6.45) is 3.64. The number of fused-ring (bicyclic) bond motifs is 1. The van der Waals surface area contributed by atoms with Crippen LogP contribution in [0.4, 0.5) is 0 Å². The zero-order chi connectivity index (χ0) is 14.8. The molecule has 1 aromatic carbocycles. The Bertz CT molecular complexity index is 805. The van der Waals surface area contributed by atoms with Gasteiger partial charge < -0.3 is 0 Å². The van der Waals surface area contributed by atoms with Gasteiger partial charge in [0, 0.05) is 29.9 Å². The van der Waals surface area contributed by atoms with Crippen molar-refractivity contribution < 1.29 is 4.79 Å². The van der Waals surface area contributed by atoms with E-state index in [9.17, 15) is 4.79 Å². The molecule has 0 amide bonds. The van der Waals surface area contributed by atoms with Gasteiger partial charge in [-0.25, -0.2) is 0 Å². The van der Waals surface area contributed by atoms with Gasteiger partial charge in [-0.15, -0.1) is 0 Å². The van der Waals surface area contributed by atoms with Crippen LogP contribution < -0.4 is 0 Å². The number of aryl methyl sites for hydroxylation is 2. The second kappa shape index (κ2) is 5.48. The minimum atomic E-state index is 0.0621. The Morgan fingerprint density at radius 3 is 2.81 bits per heavy atom. The quantitative estimate of drug-likeness (QED) is 0.689. The van der Waals surface area contributed by atoms with Crippen molar-refractivity contribution in [3.63, 3.8) is 0 Å². The van der Waals surface area contributed by atoms with Crippen molar-refractivity contribution in [2.75, 3.05) is 0 Å². The number of benzene rings is 1. The summed E-state index contributed by atoms with van der Waals surface area (Å²) in [6, 6.07) is 9.89. The van der Waals surface area contributed by atoms with Gasteiger partial charge in [0.25, 0.3) is 0 Å². The van der Waals surface area contributed by atoms with E-state index in [1.807, 2.05) is 41.9 Å². The first-order valence-electron chi connectivity index (χ1n) is 7.09. The fraction of sp³-hybridized carbons (Fsp3) is 0.235. The maximum absolute atomic E-state index is 12.5. The molecule has 21 heavy (non-hydrogen) atoms. The predicted molar refractivity (Wildman–Crippen MR) is 82.4 cm³/mol. The lowest BCUT2D eigenvalue weighted by Crippen LogP contribution is -2.07. The smallest absolute Gasteiger partial charge is 0.170 e. The molecule has 0 aliphatic carbocycles. The Hall–Kier alpha value is -2.49. The Morgan fingerprint density at radius 1 is 1.24 bits per heavy atom. The van der Waals surface area contributed by atoms with E-state index in [0.717, 1.165) is 28.7 Å². The highest BCUT2D eigenvalue weighted by atomic mass is 16.1. The third-order valence-electron chi connectivity index (χ3n) is 3.70. The molecule has 106 valence electrons. The summed E-state index contributed by atoms with van der Waals surface area (Å²) >= 11 is 0. The molecule has 4 heteroatoms. The zero-order valence-electron chi connectivity index (χ0n) is 12.2. The number of carbonyl (C=O) groups excluding carboxylic acids is 1. The van der Waals surface area contributed by atoms with Crippen LogP contribution in [0.25, 0.3) is 10.9 Å². The molecule has 3 aromatic rings. The molecule has 2 aromatic heterocycles. The fourth-order valence-electron chi connectivity index (χ4n) is 2.57. The van der Waals surface area contributed by atoms with Crippen LogP contribution in [-0.4, -0.2) is 20.5 Å². The highest BCUT2D eigenvalue weighted by molar-refractivity contribution is 6.00. The maximum atomic E-state index is 12.5. The van der Waals surface area contributed by atoms with Gasteiger partial charge in [-0.1, -0.05) is 18.2 Å². The maximum Gasteiger partial charge on any atom is 0.170 e. The Balaban J connectivity index is 1.99. The first kappa shape index (κ1) is 13.5. The van der Waals surface area contributed by atoms with E-state index < -0.39 is 0 Å². The van der Waals surface area contributed by atoms with Crippen LogP contribution in [0.2, 0.25) is 0 Å². The molecule has 0 atom stereocenters. The predicted octanol–water partition coefficient (Wildman–Crippen LogP) is 3.19. The third-order valence-corrected chi connectivity index (χ3v) is 3.70. The van der Waals surface area contributed by atoms with Crippen LogP contribution in [0.1, 0.15) is 28.5 Å². The lowest BCUT2D eigenvalue weighted by atomic mass is 10.0. The summed E-state index contributed by atoms with van der Waals surface area (Å²) in [7, 11) is 0. The van der Waals surface area contributed by atoms with Crippen LogP contribution in [0, 0.1) is 6.92 Å². The molecule has 0 bridgehead atoms. The molecule has 0 aliphatic rings. The molecule has 0 fully saturated rings. The lowest BCUT2D eigenvalue weighted by Gasteiger charge is -2.02. The van der Waals surface area contributed by atoms with E-state index in [1.165, 1.54) is 0 Å². The van der Waals surface area contributed by atoms with Gasteiger partial charge >= 0.3 is 0 Å². The van der Waals surface area contributed by atoms with Crippen LogP contribution in [-0.2, 0) is 13.0 Å². The van der Waals surface area contributed by atoms with Crippen LogP contribution in [0.5, 0.6) is 0 Å². The number of hydrogen-bond donors (Lipinski definition) is 0. The normalized spacial score (nSPS) is 11.0. The van der Waals surface area contributed by atoms with Crippen LogP contribution >= 0.6 is 0 Å². The number of pyridine rings is 1. The van der Waals surface area contributed by atoms with Crippen molar-refractivity contribution in [2.24, 2.45) is 0 Å². The number of Topliss-reactive ketones (excluding diaryl/α,β-unsaturated/α-hetero) is 1. The highest BCUT2D eigenvalue weighted by Crippen LogP contribution is 2.20. The summed E-state index contributed by atoms with van der Waals surface area (Å²) in [5.74, 6) is 0.0621. The van der Waals surface area contributed by atoms with E-state index in [4.69, 9.17) is 0 Å². The molecule has 2 heterocycles. The molecule has 4 nitrogen and oxygen atoms in total. The van der Waals surface area contributed by atoms with Crippen molar-refractivity contribution >= 4 is 16.7 Å². The largest absolute Gasteiger partial charge is 0.294 e. The first-order valence-corrected chi connectivity index (χ1v) is 7.09. The molecule has 3 rings (SSSR count). The third kappa shape index (κ3) is 2.44. The number of hydrogen-bond acceptors (Lipinski definition) is 3. The van der Waals surface area contributed by atoms with Crippen molar-refractivity contribution in [1.82, 2.24) is 14.8 Å². The van der Waals surface area contributed by atoms with E-state index in [0.29, 0.717) is 12.0 Å². The molecule has 0 radical (unpaired) electrons. The average molecular weight is 279 g/mol. The number of rotatable bonds is 4. The average Bonchev–Trinajstić information content (AvgIpc) is 2.86. The Kier molecular flexibility index (Phi) is 3.52. The first-order chi connectivity index (χ1) is 10.2. The second-order valence-electron chi connectivity index (χ2n) is 5.07. The number of para-hydroxylation sites is 1. The summed E-state index contributed by atoms with van der Waals surface area (Å²) < 4.78 is 1.94. The number of aromatic nitrogens is 3. The topological polar surface area (TPSA) is 47.8 Å². The highest BCUT2D eigenvalue weighted by Gasteiger charge is 2.15. The molecule has 0 saturated carbocycles. The Labute approximate surface area is 123 Å². The molecule has 0 spiro atoms. The van der Waals surface area contributed by atoms with Gasteiger partial charge in [0.05, 0.1) is 17.6 Å².